The molecule has 3 rings (SSSR count). The van der Waals surface area contributed by atoms with E-state index in [9.17, 15) is 13.2 Å². The lowest BCUT2D eigenvalue weighted by molar-refractivity contribution is 0.0660. The Bertz CT molecular complexity index is 1120. The summed E-state index contributed by atoms with van der Waals surface area (Å²) in [7, 11) is -0.163. The SMILES string of the molecule is COCCCOc1cc(C(=O)N(C[C@@H]2CNC[C@H]2C(c2ccccc2)S(C)(=O)=O)C(C)C)ccc1OC. The summed E-state index contributed by atoms with van der Waals surface area (Å²) in [5.41, 5.74) is 1.29. The molecule has 2 aromatic carbocycles. The number of rotatable bonds is 13. The van der Waals surface area contributed by atoms with Crippen LogP contribution < -0.4 is 14.8 Å². The van der Waals surface area contributed by atoms with E-state index in [4.69, 9.17) is 14.2 Å². The average Bonchev–Trinajstić information content (AvgIpc) is 3.31. The molecule has 0 radical (unpaired) electrons. The van der Waals surface area contributed by atoms with Crippen LogP contribution in [0.3, 0.4) is 0 Å². The van der Waals surface area contributed by atoms with E-state index >= 15 is 0 Å². The summed E-state index contributed by atoms with van der Waals surface area (Å²) in [6.07, 6.45) is 2.02. The van der Waals surface area contributed by atoms with E-state index in [1.54, 1.807) is 32.4 Å². The highest BCUT2D eigenvalue weighted by atomic mass is 32.2. The molecule has 0 bridgehead atoms. The average molecular weight is 533 g/mol. The Balaban J connectivity index is 1.84. The highest BCUT2D eigenvalue weighted by Crippen LogP contribution is 2.37. The van der Waals surface area contributed by atoms with Crippen LogP contribution in [0.4, 0.5) is 0 Å². The predicted octanol–water partition coefficient (Wildman–Crippen LogP) is 3.58. The van der Waals surface area contributed by atoms with Crippen LogP contribution in [0.1, 0.15) is 41.4 Å². The Kier molecular flexibility index (Phi) is 10.4. The molecule has 3 atom stereocenters. The van der Waals surface area contributed by atoms with Gasteiger partial charge in [0.2, 0.25) is 0 Å². The molecule has 1 aliphatic rings. The van der Waals surface area contributed by atoms with Crippen LogP contribution in [0.5, 0.6) is 11.5 Å². The van der Waals surface area contributed by atoms with Crippen molar-refractivity contribution in [2.24, 2.45) is 11.8 Å². The molecule has 0 aliphatic carbocycles. The van der Waals surface area contributed by atoms with Gasteiger partial charge in [-0.25, -0.2) is 8.42 Å². The zero-order chi connectivity index (χ0) is 27.0. The van der Waals surface area contributed by atoms with Crippen LogP contribution >= 0.6 is 0 Å². The van der Waals surface area contributed by atoms with Gasteiger partial charge in [0.1, 0.15) is 0 Å². The number of hydrogen-bond acceptors (Lipinski definition) is 7. The van der Waals surface area contributed by atoms with E-state index in [0.29, 0.717) is 49.9 Å². The van der Waals surface area contributed by atoms with Gasteiger partial charge in [0.05, 0.1) is 19.0 Å². The van der Waals surface area contributed by atoms with E-state index in [0.717, 1.165) is 12.0 Å². The fourth-order valence-corrected chi connectivity index (χ4v) is 6.62. The first-order chi connectivity index (χ1) is 17.7. The zero-order valence-corrected chi connectivity index (χ0v) is 23.3. The highest BCUT2D eigenvalue weighted by molar-refractivity contribution is 7.90. The summed E-state index contributed by atoms with van der Waals surface area (Å²) in [6.45, 7) is 6.66. The third-order valence-electron chi connectivity index (χ3n) is 6.85. The third kappa shape index (κ3) is 7.46. The number of methoxy groups -OCH3 is 2. The Morgan fingerprint density at radius 3 is 2.41 bits per heavy atom. The van der Waals surface area contributed by atoms with Crippen molar-refractivity contribution in [2.45, 2.75) is 31.6 Å². The summed E-state index contributed by atoms with van der Waals surface area (Å²) < 4.78 is 42.2. The maximum Gasteiger partial charge on any atom is 0.254 e. The second kappa shape index (κ2) is 13.3. The highest BCUT2D eigenvalue weighted by Gasteiger charge is 2.41. The van der Waals surface area contributed by atoms with Crippen LogP contribution in [-0.2, 0) is 14.6 Å². The first kappa shape index (κ1) is 28.9. The van der Waals surface area contributed by atoms with Crippen molar-refractivity contribution in [1.29, 1.82) is 0 Å². The lowest BCUT2D eigenvalue weighted by Crippen LogP contribution is -2.43. The van der Waals surface area contributed by atoms with Gasteiger partial charge in [-0.15, -0.1) is 0 Å². The number of carbonyl (C=O) groups is 1. The monoisotopic (exact) mass is 532 g/mol. The summed E-state index contributed by atoms with van der Waals surface area (Å²) in [4.78, 5) is 15.5. The molecule has 0 aromatic heterocycles. The van der Waals surface area contributed by atoms with Crippen LogP contribution in [0.15, 0.2) is 48.5 Å². The molecule has 8 nitrogen and oxygen atoms in total. The molecule has 1 N–H and O–H groups in total. The summed E-state index contributed by atoms with van der Waals surface area (Å²) in [5, 5.41) is 2.74. The summed E-state index contributed by atoms with van der Waals surface area (Å²) >= 11 is 0. The number of amides is 1. The standard InChI is InChI=1S/C28H40N2O6S/c1-20(2)30(28(31)22-12-13-25(35-4)26(16-22)36-15-9-14-34-3)19-23-17-29-18-24(23)27(37(5,32)33)21-10-7-6-8-11-21/h6-8,10-13,16,20,23-24,27,29H,9,14-15,17-19H2,1-5H3/t23-,24+,27?/m0/s1. The van der Waals surface area contributed by atoms with Gasteiger partial charge < -0.3 is 24.4 Å². The van der Waals surface area contributed by atoms with Crippen molar-refractivity contribution in [3.8, 4) is 11.5 Å². The van der Waals surface area contributed by atoms with Gasteiger partial charge in [0, 0.05) is 51.1 Å². The third-order valence-corrected chi connectivity index (χ3v) is 8.39. The van der Waals surface area contributed by atoms with Crippen molar-refractivity contribution >= 4 is 15.7 Å². The summed E-state index contributed by atoms with van der Waals surface area (Å²) in [6, 6.07) is 14.5. The van der Waals surface area contributed by atoms with Gasteiger partial charge >= 0.3 is 0 Å². The molecule has 204 valence electrons. The van der Waals surface area contributed by atoms with Crippen molar-refractivity contribution < 1.29 is 27.4 Å². The van der Waals surface area contributed by atoms with E-state index in [1.165, 1.54) is 6.26 Å². The molecular formula is C28H40N2O6S. The number of hydrogen-bond donors (Lipinski definition) is 1. The first-order valence-corrected chi connectivity index (χ1v) is 14.7. The molecule has 37 heavy (non-hydrogen) atoms. The van der Waals surface area contributed by atoms with Crippen LogP contribution in [0, 0.1) is 11.8 Å². The molecule has 1 amide bonds. The lowest BCUT2D eigenvalue weighted by atomic mass is 9.88. The molecule has 0 saturated carbocycles. The van der Waals surface area contributed by atoms with Crippen LogP contribution in [0.25, 0.3) is 0 Å². The van der Waals surface area contributed by atoms with Crippen LogP contribution in [0.2, 0.25) is 0 Å². The zero-order valence-electron chi connectivity index (χ0n) is 22.5. The van der Waals surface area contributed by atoms with Gasteiger partial charge in [-0.1, -0.05) is 30.3 Å². The summed E-state index contributed by atoms with van der Waals surface area (Å²) in [5.74, 6) is 0.774. The van der Waals surface area contributed by atoms with Crippen LogP contribution in [-0.4, -0.2) is 78.6 Å². The molecule has 1 fully saturated rings. The fraction of sp³-hybridized carbons (Fsp3) is 0.536. The maximum absolute atomic E-state index is 13.7. The largest absolute Gasteiger partial charge is 0.493 e. The predicted molar refractivity (Wildman–Crippen MR) is 145 cm³/mol. The molecular weight excluding hydrogens is 492 g/mol. The fourth-order valence-electron chi connectivity index (χ4n) is 5.02. The van der Waals surface area contributed by atoms with Gasteiger partial charge in [-0.3, -0.25) is 4.79 Å². The minimum Gasteiger partial charge on any atom is -0.493 e. The van der Waals surface area contributed by atoms with E-state index in [1.807, 2.05) is 49.1 Å². The number of ether oxygens (including phenoxy) is 3. The van der Waals surface area contributed by atoms with E-state index in [-0.39, 0.29) is 23.8 Å². The molecule has 1 saturated heterocycles. The number of benzene rings is 2. The number of sulfone groups is 1. The van der Waals surface area contributed by atoms with Crippen molar-refractivity contribution in [1.82, 2.24) is 10.2 Å². The molecule has 2 aromatic rings. The smallest absolute Gasteiger partial charge is 0.254 e. The van der Waals surface area contributed by atoms with Gasteiger partial charge in [-0.05, 0) is 56.0 Å². The van der Waals surface area contributed by atoms with E-state index < -0.39 is 15.1 Å². The van der Waals surface area contributed by atoms with Gasteiger partial charge in [-0.2, -0.15) is 0 Å². The Hall–Kier alpha value is -2.62. The van der Waals surface area contributed by atoms with Crippen molar-refractivity contribution in [2.75, 3.05) is 53.3 Å². The molecule has 1 aliphatic heterocycles. The molecule has 9 heteroatoms. The maximum atomic E-state index is 13.7. The second-order valence-corrected chi connectivity index (χ2v) is 12.0. The minimum atomic E-state index is -3.37. The topological polar surface area (TPSA) is 94.2 Å². The number of carbonyl (C=O) groups excluding carboxylic acids is 1. The first-order valence-electron chi connectivity index (χ1n) is 12.7. The number of nitrogens with zero attached hydrogens (tertiary/aromatic N) is 1. The second-order valence-electron chi connectivity index (χ2n) is 9.85. The van der Waals surface area contributed by atoms with E-state index in [2.05, 4.69) is 5.32 Å². The van der Waals surface area contributed by atoms with Gasteiger partial charge in [0.25, 0.3) is 5.91 Å². The van der Waals surface area contributed by atoms with Crippen molar-refractivity contribution in [3.05, 3.63) is 59.7 Å². The Labute approximate surface area is 221 Å². The Morgan fingerprint density at radius 1 is 1.05 bits per heavy atom. The lowest BCUT2D eigenvalue weighted by Gasteiger charge is -2.34. The Morgan fingerprint density at radius 2 is 1.78 bits per heavy atom. The quantitative estimate of drug-likeness (QED) is 0.394. The van der Waals surface area contributed by atoms with Crippen molar-refractivity contribution in [3.63, 3.8) is 0 Å². The number of nitrogens with one attached hydrogen (secondary N) is 1. The molecule has 0 spiro atoms. The minimum absolute atomic E-state index is 0.0192. The molecule has 1 unspecified atom stereocenters. The normalized spacial score (nSPS) is 18.5. The molecule has 1 heterocycles. The van der Waals surface area contributed by atoms with Gasteiger partial charge in [0.15, 0.2) is 21.3 Å².